The fraction of sp³-hybridized carbons (Fsp3) is 0.750. The van der Waals surface area contributed by atoms with Crippen molar-refractivity contribution in [3.63, 3.8) is 0 Å². The second-order valence-corrected chi connectivity index (χ2v) is 1.05. The number of ether oxygens (including phenoxy) is 1. The number of methoxy groups -OCH3 is 1. The monoisotopic (exact) mass is 121 g/mol. The lowest BCUT2D eigenvalue weighted by Gasteiger charge is -1.95. The van der Waals surface area contributed by atoms with Crippen LogP contribution < -0.4 is 5.73 Å². The molecular weight excluding hydrogens is 110 g/mol. The zero-order valence-electron chi connectivity index (χ0n) is 5.00. The van der Waals surface area contributed by atoms with Gasteiger partial charge in [-0.15, -0.1) is 0 Å². The molecule has 3 N–H and O–H groups in total. The quantitative estimate of drug-likeness (QED) is 0.367. The minimum Gasteiger partial charge on any atom is -0.483 e. The minimum atomic E-state index is -0.250. The molecule has 8 heavy (non-hydrogen) atoms. The van der Waals surface area contributed by atoms with Gasteiger partial charge in [0.25, 0.3) is 6.47 Å². The first-order chi connectivity index (χ1) is 3.68. The van der Waals surface area contributed by atoms with E-state index in [4.69, 9.17) is 15.6 Å². The summed E-state index contributed by atoms with van der Waals surface area (Å²) >= 11 is 0. The van der Waals surface area contributed by atoms with Gasteiger partial charge < -0.3 is 15.6 Å². The van der Waals surface area contributed by atoms with Gasteiger partial charge >= 0.3 is 0 Å². The molecule has 0 bridgehead atoms. The Hall–Kier alpha value is -0.610. The Bertz CT molecular complexity index is 46.5. The van der Waals surface area contributed by atoms with Crippen molar-refractivity contribution >= 4 is 6.47 Å². The van der Waals surface area contributed by atoms with Crippen LogP contribution in [0.5, 0.6) is 0 Å². The molecule has 4 heteroatoms. The zero-order chi connectivity index (χ0) is 6.99. The smallest absolute Gasteiger partial charge is 0.290 e. The van der Waals surface area contributed by atoms with Crippen molar-refractivity contribution in [3.05, 3.63) is 0 Å². The fourth-order valence-corrected chi connectivity index (χ4v) is 0. The van der Waals surface area contributed by atoms with Crippen LogP contribution in [-0.4, -0.2) is 24.9 Å². The second kappa shape index (κ2) is 9.63. The highest BCUT2D eigenvalue weighted by atomic mass is 16.5. The molecule has 0 spiro atoms. The number of rotatable bonds is 1. The third-order valence-electron chi connectivity index (χ3n) is 0.372. The first-order valence-electron chi connectivity index (χ1n) is 2.05. The Morgan fingerprint density at radius 3 is 2.00 bits per heavy atom. The van der Waals surface area contributed by atoms with E-state index in [1.54, 1.807) is 14.0 Å². The highest BCUT2D eigenvalue weighted by Crippen LogP contribution is 1.66. The summed E-state index contributed by atoms with van der Waals surface area (Å²) in [7, 11) is 1.57. The molecule has 0 aromatic carbocycles. The number of hydrogen-bond donors (Lipinski definition) is 2. The topological polar surface area (TPSA) is 72.5 Å². The van der Waals surface area contributed by atoms with Crippen molar-refractivity contribution < 1.29 is 14.6 Å². The largest absolute Gasteiger partial charge is 0.483 e. The molecule has 50 valence electrons. The summed E-state index contributed by atoms with van der Waals surface area (Å²) in [5.41, 5.74) is 5.07. The van der Waals surface area contributed by atoms with Gasteiger partial charge in [-0.1, -0.05) is 0 Å². The molecule has 0 fully saturated rings. The van der Waals surface area contributed by atoms with E-state index in [2.05, 4.69) is 4.74 Å². The van der Waals surface area contributed by atoms with Gasteiger partial charge in [0.2, 0.25) is 0 Å². The predicted molar refractivity (Wildman–Crippen MR) is 29.4 cm³/mol. The Morgan fingerprint density at radius 1 is 1.88 bits per heavy atom. The van der Waals surface area contributed by atoms with E-state index in [9.17, 15) is 0 Å². The van der Waals surface area contributed by atoms with E-state index in [0.717, 1.165) is 0 Å². The molecule has 1 unspecified atom stereocenters. The van der Waals surface area contributed by atoms with Crippen molar-refractivity contribution in [2.75, 3.05) is 7.11 Å². The average molecular weight is 121 g/mol. The summed E-state index contributed by atoms with van der Waals surface area (Å²) in [4.78, 5) is 8.36. The van der Waals surface area contributed by atoms with Crippen LogP contribution in [-0.2, 0) is 9.53 Å². The van der Waals surface area contributed by atoms with E-state index in [1.165, 1.54) is 0 Å². The summed E-state index contributed by atoms with van der Waals surface area (Å²) in [5.74, 6) is 0. The van der Waals surface area contributed by atoms with E-state index in [-0.39, 0.29) is 12.7 Å². The van der Waals surface area contributed by atoms with Crippen molar-refractivity contribution in [1.29, 1.82) is 0 Å². The molecule has 1 atom stereocenters. The molecule has 0 amide bonds. The fourth-order valence-electron chi connectivity index (χ4n) is 0. The van der Waals surface area contributed by atoms with Crippen LogP contribution in [0.1, 0.15) is 6.92 Å². The Balaban J connectivity index is 0. The van der Waals surface area contributed by atoms with Crippen molar-refractivity contribution in [3.8, 4) is 0 Å². The molecule has 0 aromatic rings. The molecule has 0 saturated carbocycles. The molecule has 0 heterocycles. The highest BCUT2D eigenvalue weighted by molar-refractivity contribution is 5.32. The SMILES string of the molecule is COC(C)N.O=CO. The Labute approximate surface area is 48.2 Å². The van der Waals surface area contributed by atoms with E-state index in [1.807, 2.05) is 0 Å². The van der Waals surface area contributed by atoms with Crippen LogP contribution in [0.4, 0.5) is 0 Å². The van der Waals surface area contributed by atoms with Gasteiger partial charge in [0.05, 0.1) is 0 Å². The maximum absolute atomic E-state index is 8.36. The molecule has 0 rings (SSSR count). The lowest BCUT2D eigenvalue weighted by Crippen LogP contribution is -2.15. The summed E-state index contributed by atoms with van der Waals surface area (Å²) in [6.07, 6.45) is -0.116. The normalized spacial score (nSPS) is 10.9. The number of carboxylic acid groups (broad SMARTS) is 1. The Kier molecular flexibility index (Phi) is 12.5. The first-order valence-corrected chi connectivity index (χ1v) is 2.05. The van der Waals surface area contributed by atoms with Gasteiger partial charge in [0.15, 0.2) is 0 Å². The van der Waals surface area contributed by atoms with Crippen LogP contribution in [0.2, 0.25) is 0 Å². The van der Waals surface area contributed by atoms with Gasteiger partial charge in [-0.25, -0.2) is 0 Å². The summed E-state index contributed by atoms with van der Waals surface area (Å²) in [5, 5.41) is 6.89. The van der Waals surface area contributed by atoms with Gasteiger partial charge in [-0.3, -0.25) is 4.79 Å². The van der Waals surface area contributed by atoms with Gasteiger partial charge in [0.1, 0.15) is 6.23 Å². The maximum atomic E-state index is 8.36. The van der Waals surface area contributed by atoms with Gasteiger partial charge in [-0.2, -0.15) is 0 Å². The molecule has 0 aliphatic rings. The van der Waals surface area contributed by atoms with Crippen LogP contribution in [0.25, 0.3) is 0 Å². The number of carbonyl (C=O) groups is 1. The van der Waals surface area contributed by atoms with Crippen LogP contribution in [0, 0.1) is 0 Å². The molecule has 4 nitrogen and oxygen atoms in total. The predicted octanol–water partition coefficient (Wildman–Crippen LogP) is -0.362. The standard InChI is InChI=1S/C3H9NO.CH2O2/c1-3(4)5-2;2-1-3/h3H,4H2,1-2H3;1H,(H,2,3). The van der Waals surface area contributed by atoms with Crippen LogP contribution in [0.15, 0.2) is 0 Å². The third kappa shape index (κ3) is 53.8. The van der Waals surface area contributed by atoms with Crippen LogP contribution in [0.3, 0.4) is 0 Å². The van der Waals surface area contributed by atoms with Crippen molar-refractivity contribution in [2.24, 2.45) is 5.73 Å². The second-order valence-electron chi connectivity index (χ2n) is 1.05. The highest BCUT2D eigenvalue weighted by Gasteiger charge is 1.78. The molecule has 0 saturated heterocycles. The maximum Gasteiger partial charge on any atom is 0.290 e. The molecule has 0 aliphatic carbocycles. The first kappa shape index (κ1) is 10.4. The van der Waals surface area contributed by atoms with Crippen molar-refractivity contribution in [1.82, 2.24) is 0 Å². The lowest BCUT2D eigenvalue weighted by molar-refractivity contribution is -0.122. The van der Waals surface area contributed by atoms with E-state index in [0.29, 0.717) is 0 Å². The van der Waals surface area contributed by atoms with E-state index < -0.39 is 0 Å². The van der Waals surface area contributed by atoms with Crippen molar-refractivity contribution in [2.45, 2.75) is 13.2 Å². The lowest BCUT2D eigenvalue weighted by atomic mass is 10.7. The van der Waals surface area contributed by atoms with Crippen LogP contribution >= 0.6 is 0 Å². The summed E-state index contributed by atoms with van der Waals surface area (Å²) in [6.45, 7) is 1.53. The van der Waals surface area contributed by atoms with E-state index >= 15 is 0 Å². The third-order valence-corrected chi connectivity index (χ3v) is 0.372. The number of nitrogens with two attached hydrogens (primary N) is 1. The van der Waals surface area contributed by atoms with Gasteiger partial charge in [0, 0.05) is 7.11 Å². The van der Waals surface area contributed by atoms with Gasteiger partial charge in [-0.05, 0) is 6.92 Å². The molecule has 0 radical (unpaired) electrons. The molecular formula is C4H11NO3. The summed E-state index contributed by atoms with van der Waals surface area (Å²) < 4.78 is 4.53. The minimum absolute atomic E-state index is 0.116. The zero-order valence-corrected chi connectivity index (χ0v) is 5.00. The summed E-state index contributed by atoms with van der Waals surface area (Å²) in [6, 6.07) is 0. The Morgan fingerprint density at radius 2 is 2.00 bits per heavy atom. The molecule has 0 aromatic heterocycles. The number of hydrogen-bond acceptors (Lipinski definition) is 3. The molecule has 0 aliphatic heterocycles. The average Bonchev–Trinajstić information content (AvgIpc) is 1.69.